The molecule has 0 atom stereocenters. The van der Waals surface area contributed by atoms with Crippen molar-refractivity contribution in [1.82, 2.24) is 9.88 Å². The smallest absolute Gasteiger partial charge is 0.251 e. The van der Waals surface area contributed by atoms with Crippen molar-refractivity contribution in [3.8, 4) is 17.2 Å². The molecule has 1 heterocycles. The Morgan fingerprint density at radius 1 is 0.966 bits per heavy atom. The van der Waals surface area contributed by atoms with E-state index in [1.54, 1.807) is 12.1 Å². The maximum Gasteiger partial charge on any atom is 0.251 e. The first kappa shape index (κ1) is 20.3. The number of aromatic nitrogens is 1. The molecule has 0 unspecified atom stereocenters. The first-order valence-corrected chi connectivity index (χ1v) is 9.33. The molecule has 0 saturated heterocycles. The highest BCUT2D eigenvalue weighted by Gasteiger charge is 2.17. The molecule has 0 aliphatic carbocycles. The average Bonchev–Trinajstić information content (AvgIpc) is 3.19. The van der Waals surface area contributed by atoms with Crippen molar-refractivity contribution in [1.29, 1.82) is 0 Å². The van der Waals surface area contributed by atoms with Gasteiger partial charge in [-0.25, -0.2) is 0 Å². The second-order valence-electron chi connectivity index (χ2n) is 6.71. The van der Waals surface area contributed by atoms with Crippen LogP contribution in [-0.4, -0.2) is 31.8 Å². The maximum absolute atomic E-state index is 12.7. The molecule has 3 aromatic rings. The third-order valence-corrected chi connectivity index (χ3v) is 4.75. The number of nitrogens with zero attached hydrogens (tertiary/aromatic N) is 1. The highest BCUT2D eigenvalue weighted by molar-refractivity contribution is 5.95. The van der Waals surface area contributed by atoms with Crippen LogP contribution in [0, 0.1) is 6.92 Å². The van der Waals surface area contributed by atoms with E-state index in [9.17, 15) is 4.79 Å². The Morgan fingerprint density at radius 2 is 1.62 bits per heavy atom. The molecule has 1 aromatic heterocycles. The van der Waals surface area contributed by atoms with Crippen LogP contribution >= 0.6 is 0 Å². The zero-order chi connectivity index (χ0) is 20.8. The first-order chi connectivity index (χ1) is 14.0. The molecule has 3 rings (SSSR count). The summed E-state index contributed by atoms with van der Waals surface area (Å²) in [5.74, 6) is 1.13. The molecule has 0 radical (unpaired) electrons. The third-order valence-electron chi connectivity index (χ3n) is 4.75. The van der Waals surface area contributed by atoms with Crippen LogP contribution in [0.4, 0.5) is 0 Å². The van der Waals surface area contributed by atoms with Gasteiger partial charge in [-0.05, 0) is 36.8 Å². The minimum absolute atomic E-state index is 0.215. The molecule has 152 valence electrons. The number of carbonyl (C=O) groups excluding carboxylic acids is 1. The highest BCUT2D eigenvalue weighted by atomic mass is 16.5. The number of ether oxygens (including phenoxy) is 3. The largest absolute Gasteiger partial charge is 0.493 e. The standard InChI is InChI=1S/C23H26N2O4/c1-16-7-9-17(10-8-16)15-25-11-5-6-19(25)14-24-23(26)18-12-20(27-2)22(29-4)21(13-18)28-3/h5-13H,14-15H2,1-4H3,(H,24,26). The predicted molar refractivity (Wildman–Crippen MR) is 112 cm³/mol. The Hall–Kier alpha value is -3.41. The van der Waals surface area contributed by atoms with Gasteiger partial charge >= 0.3 is 0 Å². The van der Waals surface area contributed by atoms with Crippen LogP contribution in [0.1, 0.15) is 27.2 Å². The summed E-state index contributed by atoms with van der Waals surface area (Å²) in [6.07, 6.45) is 2.01. The second kappa shape index (κ2) is 9.19. The van der Waals surface area contributed by atoms with Gasteiger partial charge in [-0.2, -0.15) is 0 Å². The Kier molecular flexibility index (Phi) is 6.44. The van der Waals surface area contributed by atoms with Crippen LogP contribution in [0.2, 0.25) is 0 Å². The Morgan fingerprint density at radius 3 is 2.21 bits per heavy atom. The van der Waals surface area contributed by atoms with Gasteiger partial charge in [-0.15, -0.1) is 0 Å². The zero-order valence-corrected chi connectivity index (χ0v) is 17.2. The second-order valence-corrected chi connectivity index (χ2v) is 6.71. The maximum atomic E-state index is 12.7. The van der Waals surface area contributed by atoms with E-state index in [0.29, 0.717) is 29.4 Å². The minimum Gasteiger partial charge on any atom is -0.493 e. The van der Waals surface area contributed by atoms with E-state index in [4.69, 9.17) is 14.2 Å². The van der Waals surface area contributed by atoms with Gasteiger partial charge in [0.05, 0.1) is 27.9 Å². The van der Waals surface area contributed by atoms with Crippen molar-refractivity contribution in [2.45, 2.75) is 20.0 Å². The van der Waals surface area contributed by atoms with Crippen molar-refractivity contribution in [3.63, 3.8) is 0 Å². The fourth-order valence-corrected chi connectivity index (χ4v) is 3.14. The topological polar surface area (TPSA) is 61.7 Å². The number of hydrogen-bond acceptors (Lipinski definition) is 4. The summed E-state index contributed by atoms with van der Waals surface area (Å²) in [6, 6.07) is 15.7. The molecule has 2 aromatic carbocycles. The lowest BCUT2D eigenvalue weighted by atomic mass is 10.1. The Bertz CT molecular complexity index is 952. The van der Waals surface area contributed by atoms with Crippen molar-refractivity contribution < 1.29 is 19.0 Å². The summed E-state index contributed by atoms with van der Waals surface area (Å²) in [5.41, 5.74) is 3.91. The highest BCUT2D eigenvalue weighted by Crippen LogP contribution is 2.38. The Labute approximate surface area is 171 Å². The van der Waals surface area contributed by atoms with Crippen LogP contribution < -0.4 is 19.5 Å². The first-order valence-electron chi connectivity index (χ1n) is 9.33. The lowest BCUT2D eigenvalue weighted by molar-refractivity contribution is 0.0949. The van der Waals surface area contributed by atoms with E-state index in [-0.39, 0.29) is 5.91 Å². The lowest BCUT2D eigenvalue weighted by Gasteiger charge is -2.14. The molecule has 6 heteroatoms. The number of carbonyl (C=O) groups is 1. The molecule has 29 heavy (non-hydrogen) atoms. The molecule has 0 aliphatic heterocycles. The van der Waals surface area contributed by atoms with Crippen molar-refractivity contribution in [2.24, 2.45) is 0 Å². The van der Waals surface area contributed by atoms with Crippen LogP contribution in [0.25, 0.3) is 0 Å². The molecule has 1 amide bonds. The zero-order valence-electron chi connectivity index (χ0n) is 17.2. The summed E-state index contributed by atoms with van der Waals surface area (Å²) in [5, 5.41) is 2.97. The van der Waals surface area contributed by atoms with E-state index in [1.165, 1.54) is 32.5 Å². The predicted octanol–water partition coefficient (Wildman–Crippen LogP) is 3.80. The summed E-state index contributed by atoms with van der Waals surface area (Å²) in [7, 11) is 4.58. The molecule has 0 fully saturated rings. The van der Waals surface area contributed by atoms with Gasteiger partial charge < -0.3 is 24.1 Å². The molecule has 0 spiro atoms. The molecule has 0 aliphatic rings. The van der Waals surface area contributed by atoms with Gasteiger partial charge in [0.25, 0.3) is 5.91 Å². The molecule has 6 nitrogen and oxygen atoms in total. The van der Waals surface area contributed by atoms with E-state index in [1.807, 2.05) is 18.3 Å². The number of hydrogen-bond donors (Lipinski definition) is 1. The fraction of sp³-hybridized carbons (Fsp3) is 0.261. The van der Waals surface area contributed by atoms with E-state index < -0.39 is 0 Å². The summed E-state index contributed by atoms with van der Waals surface area (Å²) < 4.78 is 18.1. The third kappa shape index (κ3) is 4.71. The van der Waals surface area contributed by atoms with Crippen molar-refractivity contribution in [3.05, 3.63) is 77.1 Å². The van der Waals surface area contributed by atoms with Crippen molar-refractivity contribution in [2.75, 3.05) is 21.3 Å². The number of methoxy groups -OCH3 is 3. The minimum atomic E-state index is -0.215. The van der Waals surface area contributed by atoms with Crippen LogP contribution in [0.15, 0.2) is 54.7 Å². The summed E-state index contributed by atoms with van der Waals surface area (Å²) in [6.45, 7) is 3.24. The number of aryl methyl sites for hydroxylation is 1. The number of benzene rings is 2. The molecule has 0 saturated carbocycles. The van der Waals surface area contributed by atoms with Gasteiger partial charge in [0.2, 0.25) is 5.75 Å². The van der Waals surface area contributed by atoms with E-state index in [2.05, 4.69) is 41.1 Å². The van der Waals surface area contributed by atoms with Crippen LogP contribution in [0.5, 0.6) is 17.2 Å². The van der Waals surface area contributed by atoms with E-state index >= 15 is 0 Å². The molecular formula is C23H26N2O4. The fourth-order valence-electron chi connectivity index (χ4n) is 3.14. The van der Waals surface area contributed by atoms with Gasteiger partial charge in [-0.3, -0.25) is 4.79 Å². The quantitative estimate of drug-likeness (QED) is 0.631. The Balaban J connectivity index is 1.72. The number of rotatable bonds is 8. The van der Waals surface area contributed by atoms with E-state index in [0.717, 1.165) is 12.2 Å². The number of nitrogens with one attached hydrogen (secondary N) is 1. The normalized spacial score (nSPS) is 10.5. The molecular weight excluding hydrogens is 368 g/mol. The number of amides is 1. The molecule has 1 N–H and O–H groups in total. The van der Waals surface area contributed by atoms with Gasteiger partial charge in [0.1, 0.15) is 0 Å². The summed E-state index contributed by atoms with van der Waals surface area (Å²) in [4.78, 5) is 12.7. The average molecular weight is 394 g/mol. The van der Waals surface area contributed by atoms with Crippen molar-refractivity contribution >= 4 is 5.91 Å². The lowest BCUT2D eigenvalue weighted by Crippen LogP contribution is -2.24. The SMILES string of the molecule is COc1cc(C(=O)NCc2cccn2Cc2ccc(C)cc2)cc(OC)c1OC. The van der Waals surface area contributed by atoms with Gasteiger partial charge in [0.15, 0.2) is 11.5 Å². The van der Waals surface area contributed by atoms with Gasteiger partial charge in [0, 0.05) is 24.0 Å². The molecule has 0 bridgehead atoms. The summed E-state index contributed by atoms with van der Waals surface area (Å²) >= 11 is 0. The van der Waals surface area contributed by atoms with Crippen LogP contribution in [-0.2, 0) is 13.1 Å². The van der Waals surface area contributed by atoms with Crippen LogP contribution in [0.3, 0.4) is 0 Å². The van der Waals surface area contributed by atoms with Gasteiger partial charge in [-0.1, -0.05) is 29.8 Å². The monoisotopic (exact) mass is 394 g/mol.